The first kappa shape index (κ1) is 32.9. The molecule has 0 aliphatic heterocycles. The molecule has 0 spiro atoms. The van der Waals surface area contributed by atoms with Crippen LogP contribution < -0.4 is 31.3 Å². The monoisotopic (exact) mass is 624 g/mol. The molecule has 45 heavy (non-hydrogen) atoms. The van der Waals surface area contributed by atoms with Crippen molar-refractivity contribution in [3.05, 3.63) is 84.1 Å². The molecule has 4 rings (SSSR count). The Labute approximate surface area is 257 Å². The summed E-state index contributed by atoms with van der Waals surface area (Å²) >= 11 is 0. The lowest BCUT2D eigenvalue weighted by molar-refractivity contribution is -0.190. The van der Waals surface area contributed by atoms with E-state index in [9.17, 15) is 27.8 Å². The van der Waals surface area contributed by atoms with Gasteiger partial charge in [0, 0.05) is 23.8 Å². The summed E-state index contributed by atoms with van der Waals surface area (Å²) in [5, 5.41) is 17.7. The fraction of sp³-hybridized carbons (Fsp3) is 0.258. The Bertz CT molecular complexity index is 1670. The van der Waals surface area contributed by atoms with Crippen LogP contribution in [0, 0.1) is 0 Å². The predicted molar refractivity (Wildman–Crippen MR) is 164 cm³/mol. The number of ether oxygens (including phenoxy) is 2. The number of pyridine rings is 1. The minimum atomic E-state index is -5.26. The molecule has 0 aliphatic rings. The van der Waals surface area contributed by atoms with E-state index < -0.39 is 31.2 Å². The average molecular weight is 624 g/mol. The highest BCUT2D eigenvalue weighted by atomic mass is 19.4. The van der Waals surface area contributed by atoms with Crippen LogP contribution >= 0.6 is 0 Å². The van der Waals surface area contributed by atoms with Gasteiger partial charge in [0.25, 0.3) is 0 Å². The molecule has 5 N–H and O–H groups in total. The van der Waals surface area contributed by atoms with Crippen molar-refractivity contribution in [1.82, 2.24) is 10.3 Å². The van der Waals surface area contributed by atoms with Crippen LogP contribution in [0.5, 0.6) is 11.5 Å². The summed E-state index contributed by atoms with van der Waals surface area (Å²) in [7, 11) is -2.15. The summed E-state index contributed by atoms with van der Waals surface area (Å²) in [4.78, 5) is 29.0. The standard InChI is InChI=1S/C31H32BF3N4O6/c1-4-43-26-16-21(8-11-25(26)44-18(2)3)27(39-23-9-10-24-20(15-23)12-13-37-28(24)36)29(40)38-17-19-6-5-7-22(14-19)32(42)45-30(41)31(33,34)35/h5-16,18,27,39,42H,4,17H2,1-3H3,(H2,36,37)(H,38,40). The van der Waals surface area contributed by atoms with Gasteiger partial charge in [-0.05, 0) is 79.1 Å². The third-order valence-electron chi connectivity index (χ3n) is 6.49. The quantitative estimate of drug-likeness (QED) is 0.170. The molecule has 4 aromatic rings. The number of carbonyl (C=O) groups excluding carboxylic acids is 2. The van der Waals surface area contributed by atoms with Gasteiger partial charge in [-0.1, -0.05) is 30.3 Å². The maximum atomic E-state index is 13.7. The highest BCUT2D eigenvalue weighted by molar-refractivity contribution is 6.61. The van der Waals surface area contributed by atoms with Crippen LogP contribution in [0.15, 0.2) is 72.9 Å². The minimum absolute atomic E-state index is 0.0580. The summed E-state index contributed by atoms with van der Waals surface area (Å²) in [5.41, 5.74) is 7.51. The summed E-state index contributed by atoms with van der Waals surface area (Å²) in [6.07, 6.45) is -3.79. The van der Waals surface area contributed by atoms with E-state index >= 15 is 0 Å². The van der Waals surface area contributed by atoms with E-state index in [4.69, 9.17) is 15.2 Å². The van der Waals surface area contributed by atoms with Gasteiger partial charge in [0.2, 0.25) is 5.91 Å². The molecule has 0 radical (unpaired) electrons. The van der Waals surface area contributed by atoms with Crippen LogP contribution in [0.4, 0.5) is 24.7 Å². The van der Waals surface area contributed by atoms with E-state index in [1.165, 1.54) is 18.2 Å². The third-order valence-corrected chi connectivity index (χ3v) is 6.49. The van der Waals surface area contributed by atoms with Crippen LogP contribution in [0.25, 0.3) is 10.8 Å². The fourth-order valence-electron chi connectivity index (χ4n) is 4.47. The molecule has 1 heterocycles. The van der Waals surface area contributed by atoms with Crippen molar-refractivity contribution in [1.29, 1.82) is 0 Å². The highest BCUT2D eigenvalue weighted by Gasteiger charge is 2.43. The summed E-state index contributed by atoms with van der Waals surface area (Å²) in [6.45, 7) is 5.91. The first-order valence-electron chi connectivity index (χ1n) is 14.0. The number of benzene rings is 3. The Kier molecular flexibility index (Phi) is 10.4. The van der Waals surface area contributed by atoms with E-state index in [1.807, 2.05) is 26.8 Å². The van der Waals surface area contributed by atoms with E-state index in [-0.39, 0.29) is 18.1 Å². The summed E-state index contributed by atoms with van der Waals surface area (Å²) < 4.78 is 53.5. The number of amides is 1. The van der Waals surface area contributed by atoms with Gasteiger partial charge < -0.3 is 35.5 Å². The van der Waals surface area contributed by atoms with E-state index in [2.05, 4.69) is 20.3 Å². The average Bonchev–Trinajstić information content (AvgIpc) is 2.99. The maximum Gasteiger partial charge on any atom is 0.562 e. The molecule has 236 valence electrons. The fourth-order valence-corrected chi connectivity index (χ4v) is 4.47. The minimum Gasteiger partial charge on any atom is -0.499 e. The number of fused-ring (bicyclic) bond motifs is 1. The Hall–Kier alpha value is -4.98. The van der Waals surface area contributed by atoms with E-state index in [0.29, 0.717) is 40.7 Å². The topological polar surface area (TPSA) is 145 Å². The zero-order chi connectivity index (χ0) is 32.7. The number of hydrogen-bond acceptors (Lipinski definition) is 9. The second-order valence-electron chi connectivity index (χ2n) is 10.2. The molecule has 1 aromatic heterocycles. The number of nitrogens with two attached hydrogens (primary N) is 1. The van der Waals surface area contributed by atoms with Crippen molar-refractivity contribution in [2.45, 2.75) is 45.6 Å². The van der Waals surface area contributed by atoms with Crippen molar-refractivity contribution >= 4 is 46.7 Å². The second-order valence-corrected chi connectivity index (χ2v) is 10.2. The normalized spacial score (nSPS) is 12.0. The van der Waals surface area contributed by atoms with Crippen LogP contribution in [-0.2, 0) is 20.8 Å². The van der Waals surface area contributed by atoms with Crippen molar-refractivity contribution in [2.75, 3.05) is 17.7 Å². The highest BCUT2D eigenvalue weighted by Crippen LogP contribution is 2.33. The predicted octanol–water partition coefficient (Wildman–Crippen LogP) is 4.27. The van der Waals surface area contributed by atoms with Gasteiger partial charge in [-0.2, -0.15) is 13.2 Å². The largest absolute Gasteiger partial charge is 0.562 e. The van der Waals surface area contributed by atoms with Crippen LogP contribution in [0.1, 0.15) is 37.9 Å². The van der Waals surface area contributed by atoms with Gasteiger partial charge >= 0.3 is 19.3 Å². The molecule has 1 atom stereocenters. The SMILES string of the molecule is CCOc1cc(C(Nc2ccc3c(N)nccc3c2)C(=O)NCc2cccc(B(O)OC(=O)C(F)(F)F)c2)ccc1OC(C)C. The number of aromatic nitrogens is 1. The first-order chi connectivity index (χ1) is 21.3. The molecule has 0 bridgehead atoms. The molecule has 0 aliphatic carbocycles. The Balaban J connectivity index is 1.60. The number of alkyl halides is 3. The Morgan fingerprint density at radius 3 is 2.53 bits per heavy atom. The van der Waals surface area contributed by atoms with Gasteiger partial charge in [-0.3, -0.25) is 4.79 Å². The summed E-state index contributed by atoms with van der Waals surface area (Å²) in [6, 6.07) is 17.1. The van der Waals surface area contributed by atoms with Gasteiger partial charge in [0.1, 0.15) is 11.9 Å². The van der Waals surface area contributed by atoms with Crippen molar-refractivity contribution in [2.24, 2.45) is 0 Å². The number of nitrogens with zero attached hydrogens (tertiary/aromatic N) is 1. The number of carbonyl (C=O) groups is 2. The molecular weight excluding hydrogens is 592 g/mol. The lowest BCUT2D eigenvalue weighted by Crippen LogP contribution is -2.40. The van der Waals surface area contributed by atoms with Crippen LogP contribution in [-0.4, -0.2) is 47.9 Å². The zero-order valence-electron chi connectivity index (χ0n) is 24.7. The van der Waals surface area contributed by atoms with Crippen LogP contribution in [0.2, 0.25) is 0 Å². The smallest absolute Gasteiger partial charge is 0.499 e. The van der Waals surface area contributed by atoms with Crippen molar-refractivity contribution < 1.29 is 41.9 Å². The number of halogens is 3. The molecule has 1 unspecified atom stereocenters. The van der Waals surface area contributed by atoms with Crippen LogP contribution in [0.3, 0.4) is 0 Å². The molecule has 0 saturated heterocycles. The molecule has 1 amide bonds. The maximum absolute atomic E-state index is 13.7. The van der Waals surface area contributed by atoms with Gasteiger partial charge in [-0.25, -0.2) is 9.78 Å². The number of hydrogen-bond donors (Lipinski definition) is 4. The van der Waals surface area contributed by atoms with Gasteiger partial charge in [-0.15, -0.1) is 0 Å². The Morgan fingerprint density at radius 1 is 1.04 bits per heavy atom. The summed E-state index contributed by atoms with van der Waals surface area (Å²) in [5.74, 6) is -1.62. The molecule has 10 nitrogen and oxygen atoms in total. The molecular formula is C31H32BF3N4O6. The van der Waals surface area contributed by atoms with E-state index in [1.54, 1.807) is 48.7 Å². The lowest BCUT2D eigenvalue weighted by atomic mass is 9.79. The zero-order valence-corrected chi connectivity index (χ0v) is 24.7. The van der Waals surface area contributed by atoms with E-state index in [0.717, 1.165) is 10.8 Å². The molecule has 0 fully saturated rings. The number of rotatable bonds is 12. The van der Waals surface area contributed by atoms with Crippen molar-refractivity contribution in [3.8, 4) is 11.5 Å². The molecule has 14 heteroatoms. The second kappa shape index (κ2) is 14.2. The molecule has 0 saturated carbocycles. The number of nitrogens with one attached hydrogen (secondary N) is 2. The van der Waals surface area contributed by atoms with Gasteiger partial charge in [0.15, 0.2) is 11.5 Å². The lowest BCUT2D eigenvalue weighted by Gasteiger charge is -2.22. The van der Waals surface area contributed by atoms with Gasteiger partial charge in [0.05, 0.1) is 12.7 Å². The number of nitrogen functional groups attached to an aromatic ring is 1. The first-order valence-corrected chi connectivity index (χ1v) is 14.0. The van der Waals surface area contributed by atoms with Crippen molar-refractivity contribution in [3.63, 3.8) is 0 Å². The Morgan fingerprint density at radius 2 is 1.82 bits per heavy atom. The third kappa shape index (κ3) is 8.57. The number of anilines is 2. The molecule has 3 aromatic carbocycles.